The SMILES string of the molecule is CC(C)c1ccc(-c2nc(C(=O)Nc3ccc(OCC#N)cc3)cs2)cc1. The number of benzene rings is 2. The quantitative estimate of drug-likeness (QED) is 0.649. The molecular formula is C21H19N3O2S. The number of hydrogen-bond donors (Lipinski definition) is 1. The lowest BCUT2D eigenvalue weighted by atomic mass is 10.0. The first kappa shape index (κ1) is 18.6. The van der Waals surface area contributed by atoms with E-state index >= 15 is 0 Å². The van der Waals surface area contributed by atoms with Crippen LogP contribution in [0.25, 0.3) is 10.6 Å². The number of carbonyl (C=O) groups is 1. The number of hydrogen-bond acceptors (Lipinski definition) is 5. The molecule has 0 radical (unpaired) electrons. The first-order chi connectivity index (χ1) is 13.1. The molecule has 27 heavy (non-hydrogen) atoms. The molecule has 136 valence electrons. The van der Waals surface area contributed by atoms with Crippen molar-refractivity contribution in [3.05, 3.63) is 65.2 Å². The summed E-state index contributed by atoms with van der Waals surface area (Å²) in [7, 11) is 0. The highest BCUT2D eigenvalue weighted by Gasteiger charge is 2.12. The molecule has 0 saturated heterocycles. The van der Waals surface area contributed by atoms with Crippen molar-refractivity contribution in [1.29, 1.82) is 5.26 Å². The zero-order valence-corrected chi connectivity index (χ0v) is 15.9. The van der Waals surface area contributed by atoms with Gasteiger partial charge in [-0.05, 0) is 35.7 Å². The van der Waals surface area contributed by atoms with Crippen molar-refractivity contribution in [3.63, 3.8) is 0 Å². The Morgan fingerprint density at radius 1 is 1.19 bits per heavy atom. The monoisotopic (exact) mass is 377 g/mol. The lowest BCUT2D eigenvalue weighted by Crippen LogP contribution is -2.12. The molecular weight excluding hydrogens is 358 g/mol. The van der Waals surface area contributed by atoms with Gasteiger partial charge in [-0.1, -0.05) is 38.1 Å². The number of aromatic nitrogens is 1. The van der Waals surface area contributed by atoms with Crippen LogP contribution >= 0.6 is 11.3 Å². The van der Waals surface area contributed by atoms with Crippen LogP contribution in [0.1, 0.15) is 35.8 Å². The van der Waals surface area contributed by atoms with Crippen LogP contribution in [0.5, 0.6) is 5.75 Å². The second kappa shape index (κ2) is 8.47. The van der Waals surface area contributed by atoms with Crippen LogP contribution in [0.2, 0.25) is 0 Å². The van der Waals surface area contributed by atoms with E-state index in [1.807, 2.05) is 18.2 Å². The predicted molar refractivity (Wildman–Crippen MR) is 107 cm³/mol. The van der Waals surface area contributed by atoms with Gasteiger partial charge < -0.3 is 10.1 Å². The molecule has 0 aliphatic rings. The number of ether oxygens (including phenoxy) is 1. The maximum absolute atomic E-state index is 12.4. The molecule has 0 fully saturated rings. The zero-order chi connectivity index (χ0) is 19.2. The number of amides is 1. The maximum Gasteiger partial charge on any atom is 0.275 e. The van der Waals surface area contributed by atoms with E-state index in [9.17, 15) is 4.79 Å². The van der Waals surface area contributed by atoms with Crippen molar-refractivity contribution >= 4 is 22.9 Å². The van der Waals surface area contributed by atoms with Gasteiger partial charge in [0, 0.05) is 16.6 Å². The minimum atomic E-state index is -0.262. The highest BCUT2D eigenvalue weighted by molar-refractivity contribution is 7.13. The molecule has 0 atom stereocenters. The van der Waals surface area contributed by atoms with Gasteiger partial charge in [-0.15, -0.1) is 11.3 Å². The summed E-state index contributed by atoms with van der Waals surface area (Å²) in [5.74, 6) is 0.797. The molecule has 3 rings (SSSR count). The third kappa shape index (κ3) is 4.72. The lowest BCUT2D eigenvalue weighted by Gasteiger charge is -2.06. The standard InChI is InChI=1S/C21H19N3O2S/c1-14(2)15-3-5-16(6-4-15)21-24-19(13-27-21)20(25)23-17-7-9-18(10-8-17)26-12-11-22/h3-10,13-14H,12H2,1-2H3,(H,23,25). The topological polar surface area (TPSA) is 75.0 Å². The predicted octanol–water partition coefficient (Wildman–Crippen LogP) is 5.09. The van der Waals surface area contributed by atoms with Gasteiger partial charge in [0.2, 0.25) is 0 Å². The molecule has 2 aromatic carbocycles. The molecule has 0 bridgehead atoms. The minimum Gasteiger partial charge on any atom is -0.479 e. The van der Waals surface area contributed by atoms with Crippen LogP contribution in [0.15, 0.2) is 53.9 Å². The molecule has 0 aliphatic heterocycles. The number of nitrogens with zero attached hydrogens (tertiary/aromatic N) is 2. The molecule has 1 N–H and O–H groups in total. The Balaban J connectivity index is 1.67. The van der Waals surface area contributed by atoms with E-state index in [4.69, 9.17) is 10.00 Å². The molecule has 0 saturated carbocycles. The van der Waals surface area contributed by atoms with Crippen molar-refractivity contribution in [2.45, 2.75) is 19.8 Å². The van der Waals surface area contributed by atoms with Gasteiger partial charge in [0.05, 0.1) is 0 Å². The number of thiazole rings is 1. The Bertz CT molecular complexity index is 954. The largest absolute Gasteiger partial charge is 0.479 e. The Morgan fingerprint density at radius 3 is 2.52 bits per heavy atom. The molecule has 0 aliphatic carbocycles. The zero-order valence-electron chi connectivity index (χ0n) is 15.1. The summed E-state index contributed by atoms with van der Waals surface area (Å²) in [6.07, 6.45) is 0. The summed E-state index contributed by atoms with van der Waals surface area (Å²) in [6, 6.07) is 17.0. The van der Waals surface area contributed by atoms with Gasteiger partial charge in [-0.25, -0.2) is 4.98 Å². The van der Waals surface area contributed by atoms with Gasteiger partial charge in [0.15, 0.2) is 6.61 Å². The summed E-state index contributed by atoms with van der Waals surface area (Å²) < 4.78 is 5.19. The smallest absolute Gasteiger partial charge is 0.275 e. The fourth-order valence-electron chi connectivity index (χ4n) is 2.47. The summed E-state index contributed by atoms with van der Waals surface area (Å²) in [6.45, 7) is 4.30. The number of anilines is 1. The third-order valence-electron chi connectivity index (χ3n) is 3.98. The second-order valence-electron chi connectivity index (χ2n) is 6.24. The van der Waals surface area contributed by atoms with E-state index in [-0.39, 0.29) is 12.5 Å². The van der Waals surface area contributed by atoms with Crippen LogP contribution in [-0.2, 0) is 0 Å². The van der Waals surface area contributed by atoms with E-state index < -0.39 is 0 Å². The summed E-state index contributed by atoms with van der Waals surface area (Å²) in [5, 5.41) is 13.9. The van der Waals surface area contributed by atoms with Crippen molar-refractivity contribution in [1.82, 2.24) is 4.98 Å². The fourth-order valence-corrected chi connectivity index (χ4v) is 3.27. The van der Waals surface area contributed by atoms with Crippen LogP contribution in [0.3, 0.4) is 0 Å². The number of carbonyl (C=O) groups excluding carboxylic acids is 1. The van der Waals surface area contributed by atoms with E-state index in [1.54, 1.807) is 29.6 Å². The minimum absolute atomic E-state index is 0.00848. The molecule has 1 heterocycles. The number of rotatable bonds is 6. The average Bonchev–Trinajstić information content (AvgIpc) is 3.18. The Labute approximate surface area is 162 Å². The normalized spacial score (nSPS) is 10.4. The van der Waals surface area contributed by atoms with Crippen LogP contribution < -0.4 is 10.1 Å². The van der Waals surface area contributed by atoms with Gasteiger partial charge in [-0.2, -0.15) is 5.26 Å². The lowest BCUT2D eigenvalue weighted by molar-refractivity contribution is 0.102. The van der Waals surface area contributed by atoms with Crippen LogP contribution in [0.4, 0.5) is 5.69 Å². The molecule has 3 aromatic rings. The van der Waals surface area contributed by atoms with Crippen molar-refractivity contribution in [2.24, 2.45) is 0 Å². The van der Waals surface area contributed by atoms with Gasteiger partial charge in [0.25, 0.3) is 5.91 Å². The average molecular weight is 377 g/mol. The van der Waals surface area contributed by atoms with E-state index in [2.05, 4.69) is 36.3 Å². The van der Waals surface area contributed by atoms with E-state index in [1.165, 1.54) is 16.9 Å². The Morgan fingerprint density at radius 2 is 1.89 bits per heavy atom. The number of nitrogens with one attached hydrogen (secondary N) is 1. The summed E-state index contributed by atoms with van der Waals surface area (Å²) in [5.41, 5.74) is 3.30. The second-order valence-corrected chi connectivity index (χ2v) is 7.10. The Hall–Kier alpha value is -3.17. The molecule has 6 heteroatoms. The van der Waals surface area contributed by atoms with Gasteiger partial charge in [0.1, 0.15) is 22.5 Å². The highest BCUT2D eigenvalue weighted by Crippen LogP contribution is 2.26. The first-order valence-corrected chi connectivity index (χ1v) is 9.42. The molecule has 0 unspecified atom stereocenters. The van der Waals surface area contributed by atoms with Crippen molar-refractivity contribution in [3.8, 4) is 22.4 Å². The summed E-state index contributed by atoms with van der Waals surface area (Å²) in [4.78, 5) is 16.9. The van der Waals surface area contributed by atoms with Crippen molar-refractivity contribution < 1.29 is 9.53 Å². The highest BCUT2D eigenvalue weighted by atomic mass is 32.1. The first-order valence-electron chi connectivity index (χ1n) is 8.54. The molecule has 1 aromatic heterocycles. The van der Waals surface area contributed by atoms with Crippen LogP contribution in [0, 0.1) is 11.3 Å². The Kier molecular flexibility index (Phi) is 5.84. The fraction of sp³-hybridized carbons (Fsp3) is 0.190. The van der Waals surface area contributed by atoms with Gasteiger partial charge in [-0.3, -0.25) is 4.79 Å². The molecule has 0 spiro atoms. The summed E-state index contributed by atoms with van der Waals surface area (Å²) >= 11 is 1.44. The number of nitriles is 1. The van der Waals surface area contributed by atoms with E-state index in [0.29, 0.717) is 23.0 Å². The molecule has 5 nitrogen and oxygen atoms in total. The molecule has 1 amide bonds. The van der Waals surface area contributed by atoms with E-state index in [0.717, 1.165) is 10.6 Å². The van der Waals surface area contributed by atoms with Gasteiger partial charge >= 0.3 is 0 Å². The van der Waals surface area contributed by atoms with Crippen LogP contribution in [-0.4, -0.2) is 17.5 Å². The maximum atomic E-state index is 12.4. The van der Waals surface area contributed by atoms with Crippen molar-refractivity contribution in [2.75, 3.05) is 11.9 Å². The third-order valence-corrected chi connectivity index (χ3v) is 4.87.